The first kappa shape index (κ1) is 86.7. The molecule has 1 saturated heterocycles. The van der Waals surface area contributed by atoms with Crippen LogP contribution in [-0.2, 0) is 14.3 Å². The highest BCUT2D eigenvalue weighted by Crippen LogP contribution is 2.24. The van der Waals surface area contributed by atoms with Crippen molar-refractivity contribution in [2.75, 3.05) is 13.2 Å². The summed E-state index contributed by atoms with van der Waals surface area (Å²) >= 11 is 0. The quantitative estimate of drug-likeness (QED) is 0.0261. The average Bonchev–Trinajstić information content (AvgIpc) is 1.28. The highest BCUT2D eigenvalue weighted by molar-refractivity contribution is 5.76. The van der Waals surface area contributed by atoms with Crippen LogP contribution in [0.2, 0.25) is 0 Å². The Bertz CT molecular complexity index is 1480. The molecule has 0 spiro atoms. The molecule has 9 heteroatoms. The second-order valence-electron chi connectivity index (χ2n) is 28.6. The van der Waals surface area contributed by atoms with Gasteiger partial charge in [0.1, 0.15) is 24.4 Å². The van der Waals surface area contributed by atoms with Crippen molar-refractivity contribution in [1.82, 2.24) is 5.32 Å². The first-order valence-electron chi connectivity index (χ1n) is 40.6. The molecule has 1 fully saturated rings. The third-order valence-corrected chi connectivity index (χ3v) is 19.8. The Morgan fingerprint density at radius 2 is 0.633 bits per heavy atom. The Morgan fingerprint density at radius 1 is 0.367 bits per heavy atom. The second-order valence-corrected chi connectivity index (χ2v) is 28.6. The van der Waals surface area contributed by atoms with E-state index in [1.54, 1.807) is 6.08 Å². The van der Waals surface area contributed by atoms with Crippen LogP contribution in [-0.4, -0.2) is 87.5 Å². The largest absolute Gasteiger partial charge is 0.394 e. The minimum atomic E-state index is -1.57. The molecule has 0 aromatic heterocycles. The molecule has 0 saturated carbocycles. The smallest absolute Gasteiger partial charge is 0.220 e. The summed E-state index contributed by atoms with van der Waals surface area (Å²) in [4.78, 5) is 13.2. The summed E-state index contributed by atoms with van der Waals surface area (Å²) in [7, 11) is 0. The lowest BCUT2D eigenvalue weighted by Crippen LogP contribution is -2.60. The van der Waals surface area contributed by atoms with Gasteiger partial charge in [-0.25, -0.2) is 0 Å². The van der Waals surface area contributed by atoms with Gasteiger partial charge in [0.05, 0.1) is 25.4 Å². The predicted molar refractivity (Wildman–Crippen MR) is 387 cm³/mol. The Balaban J connectivity index is 2.07. The third-order valence-electron chi connectivity index (χ3n) is 19.8. The standard InChI is InChI=1S/C81H157NO8/c1-3-5-7-9-11-13-15-17-19-21-23-25-27-29-31-33-35-37-38-39-41-43-45-47-49-51-53-55-57-59-61-63-65-67-69-71-77(85)82-74(73-89-81-80(88)79(87)78(86)76(72-83)90-81)75(84)70-68-66-64-62-60-58-56-54-52-50-48-46-44-42-40-36-34-32-30-28-26-24-22-20-18-16-14-12-10-8-6-4-2/h60,62,68,70,74-76,78-81,83-84,86-88H,3-59,61,63-67,69,71-73H2,1-2H3,(H,82,85)/b62-60+,70-68+. The minimum Gasteiger partial charge on any atom is -0.394 e. The van der Waals surface area contributed by atoms with Gasteiger partial charge in [-0.1, -0.05) is 417 Å². The van der Waals surface area contributed by atoms with Crippen molar-refractivity contribution in [3.8, 4) is 0 Å². The molecule has 0 bridgehead atoms. The Kier molecular flexibility index (Phi) is 67.9. The van der Waals surface area contributed by atoms with Crippen LogP contribution in [0.4, 0.5) is 0 Å². The van der Waals surface area contributed by atoms with E-state index in [1.165, 1.54) is 372 Å². The van der Waals surface area contributed by atoms with Gasteiger partial charge in [0, 0.05) is 6.42 Å². The van der Waals surface area contributed by atoms with E-state index in [-0.39, 0.29) is 12.5 Å². The fraction of sp³-hybridized carbons (Fsp3) is 0.938. The topological polar surface area (TPSA) is 149 Å². The van der Waals surface area contributed by atoms with Gasteiger partial charge in [-0.3, -0.25) is 4.79 Å². The van der Waals surface area contributed by atoms with E-state index in [0.717, 1.165) is 38.5 Å². The molecule has 1 aliphatic heterocycles. The highest BCUT2D eigenvalue weighted by Gasteiger charge is 2.44. The van der Waals surface area contributed by atoms with Crippen LogP contribution in [0.25, 0.3) is 0 Å². The fourth-order valence-corrected chi connectivity index (χ4v) is 13.5. The zero-order chi connectivity index (χ0) is 64.9. The highest BCUT2D eigenvalue weighted by atomic mass is 16.7. The monoisotopic (exact) mass is 1270 g/mol. The molecule has 0 aromatic rings. The summed E-state index contributed by atoms with van der Waals surface area (Å²) in [6.45, 7) is 3.84. The molecule has 0 aromatic carbocycles. The number of nitrogens with one attached hydrogen (secondary N) is 1. The van der Waals surface area contributed by atoms with Crippen molar-refractivity contribution in [2.45, 2.75) is 474 Å². The number of rotatable bonds is 73. The van der Waals surface area contributed by atoms with E-state index in [9.17, 15) is 30.3 Å². The van der Waals surface area contributed by atoms with Gasteiger partial charge in [-0.05, 0) is 32.1 Å². The van der Waals surface area contributed by atoms with Gasteiger partial charge < -0.3 is 40.3 Å². The van der Waals surface area contributed by atoms with Crippen LogP contribution in [0.5, 0.6) is 0 Å². The van der Waals surface area contributed by atoms with E-state index in [1.807, 2.05) is 6.08 Å². The van der Waals surface area contributed by atoms with E-state index >= 15 is 0 Å². The predicted octanol–water partition coefficient (Wildman–Crippen LogP) is 23.2. The molecule has 7 unspecified atom stereocenters. The van der Waals surface area contributed by atoms with E-state index in [2.05, 4.69) is 31.3 Å². The van der Waals surface area contributed by atoms with Gasteiger partial charge >= 0.3 is 0 Å². The number of aliphatic hydroxyl groups excluding tert-OH is 5. The molecule has 9 nitrogen and oxygen atoms in total. The number of aliphatic hydroxyl groups is 5. The van der Waals surface area contributed by atoms with E-state index < -0.39 is 49.5 Å². The Labute approximate surface area is 559 Å². The van der Waals surface area contributed by atoms with Gasteiger partial charge in [0.15, 0.2) is 6.29 Å². The summed E-state index contributed by atoms with van der Waals surface area (Å²) < 4.78 is 11.3. The molecule has 1 heterocycles. The number of allylic oxidation sites excluding steroid dienone is 3. The lowest BCUT2D eigenvalue weighted by Gasteiger charge is -2.40. The lowest BCUT2D eigenvalue weighted by atomic mass is 9.99. The summed E-state index contributed by atoms with van der Waals surface area (Å²) in [6.07, 6.45) is 87.8. The molecule has 0 aliphatic carbocycles. The van der Waals surface area contributed by atoms with Crippen molar-refractivity contribution >= 4 is 5.91 Å². The average molecular weight is 1270 g/mol. The molecule has 1 amide bonds. The summed E-state index contributed by atoms with van der Waals surface area (Å²) in [5.74, 6) is -0.176. The lowest BCUT2D eigenvalue weighted by molar-refractivity contribution is -0.302. The first-order chi connectivity index (χ1) is 44.3. The number of hydrogen-bond acceptors (Lipinski definition) is 8. The van der Waals surface area contributed by atoms with Crippen LogP contribution in [0.3, 0.4) is 0 Å². The Morgan fingerprint density at radius 3 is 0.933 bits per heavy atom. The number of hydrogen-bond donors (Lipinski definition) is 6. The van der Waals surface area contributed by atoms with Gasteiger partial charge in [-0.15, -0.1) is 0 Å². The van der Waals surface area contributed by atoms with Crippen molar-refractivity contribution in [1.29, 1.82) is 0 Å². The number of carbonyl (C=O) groups is 1. The zero-order valence-electron chi connectivity index (χ0n) is 60.2. The summed E-state index contributed by atoms with van der Waals surface area (Å²) in [5, 5.41) is 54.9. The van der Waals surface area contributed by atoms with Crippen molar-refractivity contribution in [2.24, 2.45) is 0 Å². The maximum atomic E-state index is 13.2. The van der Waals surface area contributed by atoms with E-state index in [4.69, 9.17) is 9.47 Å². The maximum absolute atomic E-state index is 13.2. The minimum absolute atomic E-state index is 0.176. The van der Waals surface area contributed by atoms with Gasteiger partial charge in [0.2, 0.25) is 5.91 Å². The van der Waals surface area contributed by atoms with Gasteiger partial charge in [0.25, 0.3) is 0 Å². The van der Waals surface area contributed by atoms with Crippen LogP contribution in [0, 0.1) is 0 Å². The van der Waals surface area contributed by atoms with Crippen LogP contribution in [0.1, 0.15) is 431 Å². The summed E-state index contributed by atoms with van der Waals surface area (Å²) in [5.41, 5.74) is 0. The van der Waals surface area contributed by atoms with Crippen LogP contribution < -0.4 is 5.32 Å². The molecule has 1 aliphatic rings. The summed E-state index contributed by atoms with van der Waals surface area (Å²) in [6, 6.07) is -0.821. The molecular weight excluding hydrogens is 1110 g/mol. The van der Waals surface area contributed by atoms with Gasteiger partial charge in [-0.2, -0.15) is 0 Å². The van der Waals surface area contributed by atoms with Crippen LogP contribution >= 0.6 is 0 Å². The molecular formula is C81H157NO8. The van der Waals surface area contributed by atoms with Crippen molar-refractivity contribution < 1.29 is 39.8 Å². The van der Waals surface area contributed by atoms with E-state index in [0.29, 0.717) is 6.42 Å². The Hall–Kier alpha value is -1.33. The molecule has 90 heavy (non-hydrogen) atoms. The number of ether oxygens (including phenoxy) is 2. The SMILES string of the molecule is CCCCCCCCCCCCCCCCCCCCCCCCCCCC/C=C/CC/C=C/C(O)C(COC1OC(CO)C(O)C(O)C1O)NC(=O)CCCCCCCCCCCCCCCCCCCCCCCCCCCCCCCCCCCCC. The molecule has 534 valence electrons. The number of amides is 1. The zero-order valence-corrected chi connectivity index (χ0v) is 60.2. The molecule has 1 rings (SSSR count). The van der Waals surface area contributed by atoms with Crippen LogP contribution in [0.15, 0.2) is 24.3 Å². The van der Waals surface area contributed by atoms with Crippen molar-refractivity contribution in [3.05, 3.63) is 24.3 Å². The molecule has 6 N–H and O–H groups in total. The first-order valence-corrected chi connectivity index (χ1v) is 40.6. The normalized spacial score (nSPS) is 17.8. The fourth-order valence-electron chi connectivity index (χ4n) is 13.5. The number of unbranched alkanes of at least 4 members (excludes halogenated alkanes) is 61. The molecule has 0 radical (unpaired) electrons. The molecule has 7 atom stereocenters. The number of carbonyl (C=O) groups excluding carboxylic acids is 1. The maximum Gasteiger partial charge on any atom is 0.220 e. The van der Waals surface area contributed by atoms with Crippen molar-refractivity contribution in [3.63, 3.8) is 0 Å². The second kappa shape index (κ2) is 70.5. The third kappa shape index (κ3) is 58.1.